The number of carbonyl (C=O) groups excluding carboxylic acids is 6. The Hall–Kier alpha value is -18.1. The first-order chi connectivity index (χ1) is 71.8. The van der Waals surface area contributed by atoms with E-state index in [0.29, 0.717) is 58.7 Å². The summed E-state index contributed by atoms with van der Waals surface area (Å²) in [5, 5.41) is 85.7. The summed E-state index contributed by atoms with van der Waals surface area (Å²) in [5.41, 5.74) is 7.02. The standard InChI is InChI=1S/C23H23N3O3.C22H21N3O3.C21H19N3O3.2C16H17N3O3.C15H15N3O3/c1-15(2)25-14-18(26-21(23(25)29)22(28)19(27)13-24-26)20(16-9-5-3-6-10-16)17-11-7-4-8-12-17;1-2-24-14-17(25-20(22(24)28)21(27)18(26)13-23-25)19(15-9-5-3-6-10-15)16-11-7-4-8-12-16;1-23-13-16(24-19(21(23)27)20(26)17(25)12-22-24)18(14-8-4-2-5-9-14)15-10-6-3-7-11-15;1-10-5-3-4-6-11(10)7-12-9-18(2)16(22)14-15(21)13(20)8-17-19(12)14;1-18-10-12(8-7-11-5-3-2-4-6-11)19-14(16(18)22)15(21)13(20)9-17-19;1-17-9-11(7-10-5-3-2-4-6-10)18-13(15(17)21)14(20)12(19)8-16-18/h3-13,15,18,20,28H,14H2,1-2H3;3-13,17,19,27H,2,14H2,1H3;2-12,16,18,26H,13H2,1H3;3-6,8,12,21H,7,9H2,1-2H3;2-6,9,12,21H,7-8,10H2,1H3;2-6,8,11,20H,7,9H2,1H3. The van der Waals surface area contributed by atoms with Crippen LogP contribution in [0.2, 0.25) is 0 Å². The zero-order valence-electron chi connectivity index (χ0n) is 83.1. The molecule has 6 atom stereocenters. The Balaban J connectivity index is 0.000000128. The van der Waals surface area contributed by atoms with Gasteiger partial charge in [-0.15, -0.1) is 0 Å². The van der Waals surface area contributed by atoms with Crippen LogP contribution >= 0.6 is 0 Å². The molecule has 149 heavy (non-hydrogen) atoms. The molecule has 6 aliphatic rings. The van der Waals surface area contributed by atoms with Crippen molar-refractivity contribution in [2.75, 3.05) is 74.0 Å². The highest BCUT2D eigenvalue weighted by Crippen LogP contribution is 2.44. The van der Waals surface area contributed by atoms with Gasteiger partial charge in [-0.05, 0) is 109 Å². The zero-order chi connectivity index (χ0) is 106. The minimum atomic E-state index is -0.653. The van der Waals surface area contributed by atoms with Gasteiger partial charge in [-0.1, -0.05) is 267 Å². The molecule has 0 fully saturated rings. The number of amides is 6. The molecule has 36 nitrogen and oxygen atoms in total. The van der Waals surface area contributed by atoms with E-state index < -0.39 is 73.0 Å². The molecule has 21 rings (SSSR count). The predicted molar refractivity (Wildman–Crippen MR) is 555 cm³/mol. The number of rotatable bonds is 18. The Morgan fingerprint density at radius 1 is 0.282 bits per heavy atom. The van der Waals surface area contributed by atoms with Crippen molar-refractivity contribution < 1.29 is 59.4 Å². The second-order valence-corrected chi connectivity index (χ2v) is 37.4. The smallest absolute Gasteiger partial charge is 0.276 e. The van der Waals surface area contributed by atoms with Gasteiger partial charge in [0.25, 0.3) is 35.4 Å². The Morgan fingerprint density at radius 3 is 0.866 bits per heavy atom. The van der Waals surface area contributed by atoms with Gasteiger partial charge < -0.3 is 60.0 Å². The number of aromatic hydroxyl groups is 6. The van der Waals surface area contributed by atoms with Crippen LogP contribution in [0, 0.1) is 6.92 Å². The third kappa shape index (κ3) is 22.1. The van der Waals surface area contributed by atoms with E-state index in [1.807, 2.05) is 258 Å². The van der Waals surface area contributed by atoms with Gasteiger partial charge >= 0.3 is 0 Å². The first kappa shape index (κ1) is 104. The molecule has 0 spiro atoms. The fourth-order valence-electron chi connectivity index (χ4n) is 20.0. The number of aromatic nitrogens is 12. The van der Waals surface area contributed by atoms with E-state index >= 15 is 0 Å². The minimum Gasteiger partial charge on any atom is -0.502 e. The number of hydrogen-bond acceptors (Lipinski definition) is 24. The molecule has 6 unspecified atom stereocenters. The van der Waals surface area contributed by atoms with Crippen LogP contribution in [-0.2, 0) is 19.3 Å². The second-order valence-electron chi connectivity index (χ2n) is 37.4. The SMILES string of the molecule is CC(C)N1CC(C(c2ccccc2)c2ccccc2)n2ncc(=O)c(O)c2C1=O.CCN1CC(C(c2ccccc2)c2ccccc2)n2ncc(=O)c(O)c2C1=O.CN1CC(C(c2ccccc2)c2ccccc2)n2ncc(=O)c(O)c2C1=O.CN1CC(CCc2ccccc2)n2ncc(=O)c(O)c2C1=O.CN1CC(Cc2ccccc2)n2ncc(=O)c(O)c2C1=O.Cc1ccccc1CC1CN(C)C(=O)c2c(O)c(=O)cnn21. The van der Waals surface area contributed by atoms with Gasteiger partial charge in [-0.2, -0.15) is 30.6 Å². The van der Waals surface area contributed by atoms with Crippen molar-refractivity contribution in [2.45, 2.75) is 113 Å². The van der Waals surface area contributed by atoms with Crippen LogP contribution in [0.15, 0.2) is 333 Å². The predicted octanol–water partition coefficient (Wildman–Crippen LogP) is 11.5. The van der Waals surface area contributed by atoms with Crippen molar-refractivity contribution in [1.29, 1.82) is 0 Å². The minimum absolute atomic E-state index is 0.0145. The molecule has 6 N–H and O–H groups in total. The summed E-state index contributed by atoms with van der Waals surface area (Å²) in [6.07, 6.45) is 9.34. The summed E-state index contributed by atoms with van der Waals surface area (Å²) in [7, 11) is 6.65. The van der Waals surface area contributed by atoms with E-state index in [9.17, 15) is 88.2 Å². The van der Waals surface area contributed by atoms with E-state index in [4.69, 9.17) is 0 Å². The number of aryl methyl sites for hydroxylation is 2. The van der Waals surface area contributed by atoms with E-state index in [-0.39, 0.29) is 124 Å². The molecule has 9 aromatic carbocycles. The summed E-state index contributed by atoms with van der Waals surface area (Å²) in [5.74, 6) is -5.82. The largest absolute Gasteiger partial charge is 0.502 e. The highest BCUT2D eigenvalue weighted by molar-refractivity contribution is 5.99. The van der Waals surface area contributed by atoms with Crippen LogP contribution in [-0.4, -0.2) is 234 Å². The van der Waals surface area contributed by atoms with Crippen molar-refractivity contribution in [3.8, 4) is 34.5 Å². The summed E-state index contributed by atoms with van der Waals surface area (Å²) in [4.78, 5) is 155. The molecular weight excluding hydrogens is 1900 g/mol. The molecule has 762 valence electrons. The van der Waals surface area contributed by atoms with Crippen LogP contribution in [0.1, 0.15) is 200 Å². The number of carbonyl (C=O) groups is 6. The van der Waals surface area contributed by atoms with Gasteiger partial charge in [0.05, 0.1) is 73.4 Å². The maximum Gasteiger partial charge on any atom is 0.276 e. The van der Waals surface area contributed by atoms with Crippen molar-refractivity contribution in [3.05, 3.63) is 455 Å². The van der Waals surface area contributed by atoms with E-state index in [2.05, 4.69) is 67.0 Å². The maximum atomic E-state index is 13.0. The molecule has 15 aromatic rings. The van der Waals surface area contributed by atoms with Gasteiger partial charge in [-0.3, -0.25) is 85.6 Å². The fraction of sp³-hybridized carbons (Fsp3) is 0.257. The molecule has 12 heterocycles. The van der Waals surface area contributed by atoms with Crippen molar-refractivity contribution in [1.82, 2.24) is 88.1 Å². The summed E-state index contributed by atoms with van der Waals surface area (Å²) < 4.78 is 8.99. The lowest BCUT2D eigenvalue weighted by Crippen LogP contribution is -2.49. The van der Waals surface area contributed by atoms with Crippen molar-refractivity contribution in [2.24, 2.45) is 0 Å². The highest BCUT2D eigenvalue weighted by atomic mass is 16.3. The van der Waals surface area contributed by atoms with Crippen LogP contribution in [0.3, 0.4) is 0 Å². The zero-order valence-corrected chi connectivity index (χ0v) is 83.1. The Labute approximate surface area is 855 Å². The maximum absolute atomic E-state index is 13.0. The topological polar surface area (TPSA) is 453 Å². The number of fused-ring (bicyclic) bond motifs is 6. The number of benzene rings is 9. The normalized spacial score (nSPS) is 16.9. The molecule has 36 heteroatoms. The quantitative estimate of drug-likeness (QED) is 0.0464. The van der Waals surface area contributed by atoms with Gasteiger partial charge in [0.1, 0.15) is 0 Å². The van der Waals surface area contributed by atoms with Gasteiger partial charge in [0.2, 0.25) is 32.6 Å². The van der Waals surface area contributed by atoms with E-state index in [0.717, 1.165) is 100 Å². The lowest BCUT2D eigenvalue weighted by atomic mass is 9.83. The molecule has 0 radical (unpaired) electrons. The molecule has 0 bridgehead atoms. The Morgan fingerprint density at radius 2 is 0.537 bits per heavy atom. The molecule has 6 aromatic heterocycles. The van der Waals surface area contributed by atoms with Crippen LogP contribution in [0.5, 0.6) is 34.5 Å². The first-order valence-corrected chi connectivity index (χ1v) is 48.7. The van der Waals surface area contributed by atoms with Crippen molar-refractivity contribution in [3.63, 3.8) is 0 Å². The fourth-order valence-corrected chi connectivity index (χ4v) is 20.0. The number of nitrogens with zero attached hydrogens (tertiary/aromatic N) is 18. The third-order valence-electron chi connectivity index (χ3n) is 27.5. The average Bonchev–Trinajstić information content (AvgIpc) is 0.750. The summed E-state index contributed by atoms with van der Waals surface area (Å²) in [6, 6.07) is 86.8. The van der Waals surface area contributed by atoms with Crippen LogP contribution in [0.25, 0.3) is 0 Å². The van der Waals surface area contributed by atoms with Gasteiger partial charge in [0, 0.05) is 97.8 Å². The van der Waals surface area contributed by atoms with Crippen molar-refractivity contribution >= 4 is 35.4 Å². The van der Waals surface area contributed by atoms with Crippen LogP contribution < -0.4 is 32.6 Å². The summed E-state index contributed by atoms with van der Waals surface area (Å²) in [6.45, 7) is 11.0. The van der Waals surface area contributed by atoms with E-state index in [1.165, 1.54) is 53.3 Å². The lowest BCUT2D eigenvalue weighted by Gasteiger charge is -2.40. The highest BCUT2D eigenvalue weighted by Gasteiger charge is 2.45. The Kier molecular flexibility index (Phi) is 31.9. The first-order valence-electron chi connectivity index (χ1n) is 48.7. The molecule has 6 aliphatic heterocycles. The lowest BCUT2D eigenvalue weighted by molar-refractivity contribution is 0.0568. The van der Waals surface area contributed by atoms with Gasteiger partial charge in [0.15, 0.2) is 68.7 Å². The second kappa shape index (κ2) is 45.9. The Bertz CT molecular complexity index is 7680. The number of hydrogen-bond donors (Lipinski definition) is 6. The van der Waals surface area contributed by atoms with Gasteiger partial charge in [-0.25, -0.2) is 0 Å². The monoisotopic (exact) mass is 2010 g/mol. The average molecular weight is 2010 g/mol. The molecule has 6 amide bonds. The molecule has 0 aliphatic carbocycles. The van der Waals surface area contributed by atoms with Crippen LogP contribution in [0.4, 0.5) is 0 Å². The number of likely N-dealkylation sites (N-methyl/N-ethyl adjacent to an activating group) is 5. The van der Waals surface area contributed by atoms with E-state index in [1.54, 1.807) is 38.0 Å². The molecule has 0 saturated carbocycles. The summed E-state index contributed by atoms with van der Waals surface area (Å²) >= 11 is 0. The molecular formula is C113H112N18O18. The third-order valence-corrected chi connectivity index (χ3v) is 27.5. The molecule has 0 saturated heterocycles.